The van der Waals surface area contributed by atoms with E-state index in [1.807, 2.05) is 0 Å². The first-order valence-electron chi connectivity index (χ1n) is 10.8. The molecule has 0 aliphatic carbocycles. The van der Waals surface area contributed by atoms with Crippen LogP contribution in [-0.2, 0) is 14.8 Å². The monoisotopic (exact) mass is 546 g/mol. The van der Waals surface area contributed by atoms with E-state index in [9.17, 15) is 27.9 Å². The van der Waals surface area contributed by atoms with Crippen LogP contribution in [-0.4, -0.2) is 48.8 Å². The Labute approximate surface area is 217 Å². The van der Waals surface area contributed by atoms with Crippen molar-refractivity contribution >= 4 is 51.0 Å². The van der Waals surface area contributed by atoms with Crippen LogP contribution >= 0.6 is 23.2 Å². The van der Waals surface area contributed by atoms with Crippen molar-refractivity contribution in [3.63, 3.8) is 0 Å². The molecule has 1 aliphatic rings. The molecule has 0 spiro atoms. The number of carboxylic acid groups (broad SMARTS) is 1. The number of fused-ring (bicyclic) bond motifs is 1. The fourth-order valence-electron chi connectivity index (χ4n) is 3.88. The van der Waals surface area contributed by atoms with E-state index in [4.69, 9.17) is 23.2 Å². The number of benzene rings is 3. The van der Waals surface area contributed by atoms with Gasteiger partial charge >= 0.3 is 5.97 Å². The molecule has 4 rings (SSSR count). The third-order valence-electron chi connectivity index (χ3n) is 5.74. The van der Waals surface area contributed by atoms with E-state index in [0.29, 0.717) is 10.0 Å². The van der Waals surface area contributed by atoms with Crippen LogP contribution < -0.4 is 4.72 Å². The first-order chi connectivity index (χ1) is 17.1. The van der Waals surface area contributed by atoms with Gasteiger partial charge in [0.2, 0.25) is 10.0 Å². The quantitative estimate of drug-likeness (QED) is 0.382. The lowest BCUT2D eigenvalue weighted by Gasteiger charge is -2.17. The van der Waals surface area contributed by atoms with Gasteiger partial charge < -0.3 is 5.11 Å². The number of carbonyl (C=O) groups excluding carboxylic acids is 2. The lowest BCUT2D eigenvalue weighted by Crippen LogP contribution is -2.41. The molecular weight excluding hydrogens is 527 g/mol. The minimum absolute atomic E-state index is 0.0642. The number of nitrogens with one attached hydrogen (secondary N) is 1. The average molecular weight is 547 g/mol. The highest BCUT2D eigenvalue weighted by molar-refractivity contribution is 7.89. The maximum Gasteiger partial charge on any atom is 0.321 e. The van der Waals surface area contributed by atoms with Gasteiger partial charge in [-0.05, 0) is 66.4 Å². The summed E-state index contributed by atoms with van der Waals surface area (Å²) < 4.78 is 27.8. The van der Waals surface area contributed by atoms with E-state index in [0.717, 1.165) is 16.0 Å². The maximum atomic E-state index is 12.8. The number of rotatable bonds is 9. The van der Waals surface area contributed by atoms with Crippen LogP contribution in [0.25, 0.3) is 11.1 Å². The van der Waals surface area contributed by atoms with Gasteiger partial charge in [-0.2, -0.15) is 4.72 Å². The van der Waals surface area contributed by atoms with Crippen molar-refractivity contribution in [2.75, 3.05) is 6.54 Å². The molecule has 1 aliphatic heterocycles. The number of imide groups is 1. The minimum Gasteiger partial charge on any atom is -0.480 e. The van der Waals surface area contributed by atoms with Crippen LogP contribution in [0, 0.1) is 0 Å². The molecule has 3 aromatic carbocycles. The van der Waals surface area contributed by atoms with Crippen LogP contribution in [0.2, 0.25) is 10.0 Å². The molecule has 36 heavy (non-hydrogen) atoms. The van der Waals surface area contributed by atoms with Gasteiger partial charge in [0.25, 0.3) is 11.8 Å². The van der Waals surface area contributed by atoms with Crippen LogP contribution in [0.5, 0.6) is 0 Å². The van der Waals surface area contributed by atoms with Crippen molar-refractivity contribution in [1.29, 1.82) is 0 Å². The topological polar surface area (TPSA) is 121 Å². The molecule has 0 saturated heterocycles. The first kappa shape index (κ1) is 25.8. The molecule has 3 aromatic rings. The second kappa shape index (κ2) is 10.4. The van der Waals surface area contributed by atoms with E-state index < -0.39 is 33.8 Å². The minimum atomic E-state index is -4.14. The Morgan fingerprint density at radius 2 is 1.42 bits per heavy atom. The molecule has 0 fully saturated rings. The molecule has 11 heteroatoms. The summed E-state index contributed by atoms with van der Waals surface area (Å²) in [6.07, 6.45) is -0.0558. The number of carboxylic acids is 1. The van der Waals surface area contributed by atoms with Gasteiger partial charge in [0.05, 0.1) is 16.0 Å². The highest BCUT2D eigenvalue weighted by atomic mass is 35.5. The smallest absolute Gasteiger partial charge is 0.321 e. The second-order valence-electron chi connectivity index (χ2n) is 8.14. The summed E-state index contributed by atoms with van der Waals surface area (Å²) in [7, 11) is -4.14. The first-order valence-corrected chi connectivity index (χ1v) is 13.1. The summed E-state index contributed by atoms with van der Waals surface area (Å²) in [6, 6.07) is 16.0. The summed E-state index contributed by atoms with van der Waals surface area (Å²) in [4.78, 5) is 37.7. The molecule has 8 nitrogen and oxygen atoms in total. The van der Waals surface area contributed by atoms with Crippen molar-refractivity contribution in [2.45, 2.75) is 23.8 Å². The molecule has 0 aromatic heterocycles. The van der Waals surface area contributed by atoms with Crippen LogP contribution in [0.3, 0.4) is 0 Å². The molecule has 186 valence electrons. The maximum absolute atomic E-state index is 12.8. The Morgan fingerprint density at radius 1 is 0.861 bits per heavy atom. The van der Waals surface area contributed by atoms with E-state index in [2.05, 4.69) is 4.72 Å². The normalized spacial score (nSPS) is 14.1. The van der Waals surface area contributed by atoms with E-state index in [1.54, 1.807) is 36.4 Å². The molecule has 1 atom stereocenters. The summed E-state index contributed by atoms with van der Waals surface area (Å²) in [6.45, 7) is -0.0642. The summed E-state index contributed by atoms with van der Waals surface area (Å²) in [5.74, 6) is -2.39. The van der Waals surface area contributed by atoms with Gasteiger partial charge in [0.1, 0.15) is 6.04 Å². The number of hydrogen-bond acceptors (Lipinski definition) is 5. The zero-order valence-corrected chi connectivity index (χ0v) is 21.0. The standard InChI is InChI=1S/C25H20Cl2N2O6S/c26-17-7-3-15(4-8-17)16-5-10-19(11-6-16)36(34,35)28-22(25(32)33)2-1-13-29-23(30)20-12-9-18(27)14-21(20)24(29)31/h3-12,14,22,28H,1-2,13H2,(H,32,33). The number of hydrogen-bond donors (Lipinski definition) is 2. The van der Waals surface area contributed by atoms with Crippen LogP contribution in [0.15, 0.2) is 71.6 Å². The molecule has 0 radical (unpaired) electrons. The number of halogens is 2. The van der Waals surface area contributed by atoms with E-state index in [1.165, 1.54) is 30.3 Å². The largest absolute Gasteiger partial charge is 0.480 e. The van der Waals surface area contributed by atoms with Gasteiger partial charge in [0.15, 0.2) is 0 Å². The Hall–Kier alpha value is -3.24. The molecule has 2 N–H and O–H groups in total. The Morgan fingerprint density at radius 3 is 2.03 bits per heavy atom. The Bertz CT molecular complexity index is 1440. The van der Waals surface area contributed by atoms with Crippen molar-refractivity contribution in [2.24, 2.45) is 0 Å². The SMILES string of the molecule is O=C(O)C(CCCN1C(=O)c2ccc(Cl)cc2C1=O)NS(=O)(=O)c1ccc(-c2ccc(Cl)cc2)cc1. The number of nitrogens with zero attached hydrogens (tertiary/aromatic N) is 1. The lowest BCUT2D eigenvalue weighted by molar-refractivity contribution is -0.139. The fourth-order valence-corrected chi connectivity index (χ4v) is 5.40. The number of carbonyl (C=O) groups is 3. The van der Waals surface area contributed by atoms with Gasteiger partial charge in [-0.15, -0.1) is 0 Å². The van der Waals surface area contributed by atoms with Crippen molar-refractivity contribution in [3.8, 4) is 11.1 Å². The Kier molecular flexibility index (Phi) is 7.46. The summed E-state index contributed by atoms with van der Waals surface area (Å²) in [5.41, 5.74) is 2.02. The molecule has 0 bridgehead atoms. The number of aliphatic carboxylic acids is 1. The average Bonchev–Trinajstić information content (AvgIpc) is 3.08. The fraction of sp³-hybridized carbons (Fsp3) is 0.160. The van der Waals surface area contributed by atoms with Gasteiger partial charge in [-0.1, -0.05) is 47.5 Å². The highest BCUT2D eigenvalue weighted by Crippen LogP contribution is 2.26. The van der Waals surface area contributed by atoms with Crippen LogP contribution in [0.1, 0.15) is 33.6 Å². The molecular formula is C25H20Cl2N2O6S. The third kappa shape index (κ3) is 5.44. The molecule has 1 unspecified atom stereocenters. The van der Waals surface area contributed by atoms with E-state index >= 15 is 0 Å². The summed E-state index contributed by atoms with van der Waals surface area (Å²) >= 11 is 11.8. The molecule has 2 amide bonds. The zero-order valence-electron chi connectivity index (χ0n) is 18.6. The van der Waals surface area contributed by atoms with Crippen molar-refractivity contribution in [1.82, 2.24) is 9.62 Å². The number of amides is 2. The van der Waals surface area contributed by atoms with Gasteiger partial charge in [-0.3, -0.25) is 19.3 Å². The zero-order chi connectivity index (χ0) is 26.0. The Balaban J connectivity index is 1.40. The third-order valence-corrected chi connectivity index (χ3v) is 7.72. The molecule has 0 saturated carbocycles. The second-order valence-corrected chi connectivity index (χ2v) is 10.7. The van der Waals surface area contributed by atoms with Crippen LogP contribution in [0.4, 0.5) is 0 Å². The molecule has 1 heterocycles. The lowest BCUT2D eigenvalue weighted by atomic mass is 10.1. The van der Waals surface area contributed by atoms with E-state index in [-0.39, 0.29) is 35.4 Å². The summed E-state index contributed by atoms with van der Waals surface area (Å²) in [5, 5.41) is 10.5. The van der Waals surface area contributed by atoms with Gasteiger partial charge in [0, 0.05) is 16.6 Å². The van der Waals surface area contributed by atoms with Crippen molar-refractivity contribution in [3.05, 3.63) is 87.9 Å². The number of sulfonamides is 1. The van der Waals surface area contributed by atoms with Gasteiger partial charge in [-0.25, -0.2) is 8.42 Å². The highest BCUT2D eigenvalue weighted by Gasteiger charge is 2.35. The van der Waals surface area contributed by atoms with Crippen molar-refractivity contribution < 1.29 is 27.9 Å². The predicted octanol–water partition coefficient (Wildman–Crippen LogP) is 4.47. The predicted molar refractivity (Wildman–Crippen MR) is 135 cm³/mol.